The van der Waals surface area contributed by atoms with Crippen molar-refractivity contribution in [2.75, 3.05) is 26.6 Å². The van der Waals surface area contributed by atoms with Crippen molar-refractivity contribution in [3.05, 3.63) is 77.4 Å². The highest BCUT2D eigenvalue weighted by Crippen LogP contribution is 2.38. The molecule has 0 bridgehead atoms. The van der Waals surface area contributed by atoms with Crippen LogP contribution in [0.15, 0.2) is 55.0 Å². The fourth-order valence-corrected chi connectivity index (χ4v) is 4.51. The van der Waals surface area contributed by atoms with Crippen LogP contribution in [0.1, 0.15) is 22.4 Å². The van der Waals surface area contributed by atoms with Gasteiger partial charge in [-0.3, -0.25) is 4.79 Å². The molecule has 5 rings (SSSR count). The number of rotatable bonds is 8. The van der Waals surface area contributed by atoms with E-state index in [-0.39, 0.29) is 5.91 Å². The molecule has 3 aromatic heterocycles. The minimum absolute atomic E-state index is 0.355. The van der Waals surface area contributed by atoms with Gasteiger partial charge in [0.05, 0.1) is 44.3 Å². The summed E-state index contributed by atoms with van der Waals surface area (Å²) in [6, 6.07) is 11.4. The molecule has 0 aliphatic carbocycles. The molecule has 0 aliphatic rings. The monoisotopic (exact) mass is 539 g/mol. The summed E-state index contributed by atoms with van der Waals surface area (Å²) < 4.78 is 19.5. The van der Waals surface area contributed by atoms with E-state index in [1.165, 1.54) is 39.3 Å². The molecule has 0 atom stereocenters. The molecule has 0 spiro atoms. The summed E-state index contributed by atoms with van der Waals surface area (Å²) >= 11 is 0. The Hall–Kier alpha value is -5.19. The number of nitrogens with zero attached hydrogens (tertiary/aromatic N) is 6. The zero-order valence-corrected chi connectivity index (χ0v) is 23.1. The summed E-state index contributed by atoms with van der Waals surface area (Å²) in [5.41, 5.74) is 5.20. The lowest BCUT2D eigenvalue weighted by Crippen LogP contribution is -2.13. The van der Waals surface area contributed by atoms with Crippen molar-refractivity contribution in [2.45, 2.75) is 20.8 Å². The quantitative estimate of drug-likeness (QED) is 0.284. The molecule has 3 heterocycles. The van der Waals surface area contributed by atoms with Crippen LogP contribution in [0.2, 0.25) is 0 Å². The molecule has 0 unspecified atom stereocenters. The summed E-state index contributed by atoms with van der Waals surface area (Å²) in [6.07, 6.45) is 6.24. The van der Waals surface area contributed by atoms with E-state index >= 15 is 0 Å². The van der Waals surface area contributed by atoms with E-state index in [1.54, 1.807) is 39.8 Å². The van der Waals surface area contributed by atoms with Gasteiger partial charge < -0.3 is 19.5 Å². The second kappa shape index (κ2) is 10.9. The molecule has 1 amide bonds. The second-order valence-electron chi connectivity index (χ2n) is 9.14. The van der Waals surface area contributed by atoms with E-state index in [1.807, 2.05) is 32.9 Å². The minimum atomic E-state index is -0.355. The van der Waals surface area contributed by atoms with Gasteiger partial charge in [0, 0.05) is 12.1 Å². The third kappa shape index (κ3) is 4.96. The van der Waals surface area contributed by atoms with Crippen molar-refractivity contribution >= 4 is 28.8 Å². The number of aromatic nitrogens is 6. The molecule has 0 saturated heterocycles. The van der Waals surface area contributed by atoms with Gasteiger partial charge in [-0.15, -0.1) is 0 Å². The fraction of sp³-hybridized carbons (Fsp3) is 0.207. The van der Waals surface area contributed by atoms with E-state index in [0.717, 1.165) is 11.3 Å². The zero-order chi connectivity index (χ0) is 28.4. The molecular weight excluding hydrogens is 510 g/mol. The summed E-state index contributed by atoms with van der Waals surface area (Å²) in [6.45, 7) is 5.93. The van der Waals surface area contributed by atoms with Crippen LogP contribution in [0.3, 0.4) is 0 Å². The van der Waals surface area contributed by atoms with Gasteiger partial charge in [-0.25, -0.2) is 14.6 Å². The summed E-state index contributed by atoms with van der Waals surface area (Å²) in [5.74, 6) is 2.05. The molecule has 0 aliphatic heterocycles. The van der Waals surface area contributed by atoms with Crippen molar-refractivity contribution in [3.8, 4) is 28.8 Å². The number of fused-ring (bicyclic) bond motifs is 1. The Bertz CT molecular complexity index is 1730. The second-order valence-corrected chi connectivity index (χ2v) is 9.14. The Labute approximate surface area is 231 Å². The third-order valence-electron chi connectivity index (χ3n) is 6.32. The lowest BCUT2D eigenvalue weighted by Gasteiger charge is -2.12. The van der Waals surface area contributed by atoms with E-state index in [0.29, 0.717) is 51.2 Å². The molecule has 40 heavy (non-hydrogen) atoms. The van der Waals surface area contributed by atoms with Gasteiger partial charge in [-0.05, 0) is 56.2 Å². The Morgan fingerprint density at radius 2 is 1.68 bits per heavy atom. The Kier molecular flexibility index (Phi) is 7.19. The minimum Gasteiger partial charge on any atom is -0.493 e. The number of amides is 1. The number of carbonyl (C=O) groups excluding carboxylic acids is 1. The number of anilines is 1. The van der Waals surface area contributed by atoms with Gasteiger partial charge in [0.1, 0.15) is 12.1 Å². The summed E-state index contributed by atoms with van der Waals surface area (Å²) in [7, 11) is 4.61. The van der Waals surface area contributed by atoms with Crippen molar-refractivity contribution < 1.29 is 19.0 Å². The number of methoxy groups -OCH3 is 3. The van der Waals surface area contributed by atoms with Crippen LogP contribution >= 0.6 is 0 Å². The Morgan fingerprint density at radius 1 is 0.925 bits per heavy atom. The smallest absolute Gasteiger partial charge is 0.249 e. The van der Waals surface area contributed by atoms with Crippen LogP contribution < -0.4 is 19.5 Å². The molecule has 2 aromatic carbocycles. The van der Waals surface area contributed by atoms with E-state index < -0.39 is 0 Å². The molecular formula is C29H29N7O4. The van der Waals surface area contributed by atoms with Gasteiger partial charge in [0.2, 0.25) is 11.7 Å². The average Bonchev–Trinajstić information content (AvgIpc) is 3.54. The average molecular weight is 540 g/mol. The molecule has 0 radical (unpaired) electrons. The number of ether oxygens (including phenoxy) is 3. The molecule has 0 fully saturated rings. The number of aryl methyl sites for hydroxylation is 3. The highest BCUT2D eigenvalue weighted by atomic mass is 16.5. The van der Waals surface area contributed by atoms with Crippen LogP contribution in [-0.4, -0.2) is 56.8 Å². The van der Waals surface area contributed by atoms with Crippen LogP contribution in [0.5, 0.6) is 17.2 Å². The standard InChI is InChI=1S/C29H29N7O4/c1-17-7-9-22(18(2)11-17)35-28-21(15-32-35)29(31-16-30-28)36-25(12-19(3)34-36)33-26(37)10-8-20-13-23(38-4)27(40-6)24(14-20)39-5/h7-16H,1-6H3,(H,33,37)/b10-8+. The van der Waals surface area contributed by atoms with E-state index in [9.17, 15) is 4.79 Å². The SMILES string of the molecule is COc1cc(/C=C/C(=O)Nc2cc(C)nn2-c2ncnc3c2cnn3-c2ccc(C)cc2C)cc(OC)c1OC. The van der Waals surface area contributed by atoms with Crippen molar-refractivity contribution in [2.24, 2.45) is 0 Å². The van der Waals surface area contributed by atoms with Crippen molar-refractivity contribution in [3.63, 3.8) is 0 Å². The molecule has 11 nitrogen and oxygen atoms in total. The Morgan fingerprint density at radius 3 is 2.35 bits per heavy atom. The molecule has 11 heteroatoms. The number of benzene rings is 2. The number of carbonyl (C=O) groups is 1. The predicted octanol–water partition coefficient (Wildman–Crippen LogP) is 4.60. The van der Waals surface area contributed by atoms with Gasteiger partial charge in [0.15, 0.2) is 23.0 Å². The van der Waals surface area contributed by atoms with Gasteiger partial charge in [0.25, 0.3) is 0 Å². The lowest BCUT2D eigenvalue weighted by molar-refractivity contribution is -0.111. The molecule has 5 aromatic rings. The topological polar surface area (TPSA) is 118 Å². The molecule has 1 N–H and O–H groups in total. The zero-order valence-electron chi connectivity index (χ0n) is 23.1. The van der Waals surface area contributed by atoms with Crippen LogP contribution in [0, 0.1) is 20.8 Å². The van der Waals surface area contributed by atoms with E-state index in [2.05, 4.69) is 31.5 Å². The highest BCUT2D eigenvalue weighted by molar-refractivity contribution is 6.02. The molecule has 0 saturated carbocycles. The maximum atomic E-state index is 13.0. The van der Waals surface area contributed by atoms with Crippen LogP contribution in [-0.2, 0) is 4.79 Å². The Balaban J connectivity index is 1.45. The van der Waals surface area contributed by atoms with Crippen molar-refractivity contribution in [1.29, 1.82) is 0 Å². The maximum Gasteiger partial charge on any atom is 0.249 e. The first-order chi connectivity index (χ1) is 19.3. The highest BCUT2D eigenvalue weighted by Gasteiger charge is 2.18. The number of nitrogens with one attached hydrogen (secondary N) is 1. The largest absolute Gasteiger partial charge is 0.493 e. The number of hydrogen-bond donors (Lipinski definition) is 1. The van der Waals surface area contributed by atoms with Gasteiger partial charge in [-0.1, -0.05) is 17.7 Å². The first kappa shape index (κ1) is 26.4. The normalized spacial score (nSPS) is 11.2. The number of hydrogen-bond acceptors (Lipinski definition) is 8. The predicted molar refractivity (Wildman–Crippen MR) is 152 cm³/mol. The molecule has 204 valence electrons. The van der Waals surface area contributed by atoms with Crippen LogP contribution in [0.25, 0.3) is 28.6 Å². The lowest BCUT2D eigenvalue weighted by atomic mass is 10.1. The van der Waals surface area contributed by atoms with E-state index in [4.69, 9.17) is 14.2 Å². The maximum absolute atomic E-state index is 13.0. The summed E-state index contributed by atoms with van der Waals surface area (Å²) in [4.78, 5) is 21.9. The third-order valence-corrected chi connectivity index (χ3v) is 6.32. The van der Waals surface area contributed by atoms with Gasteiger partial charge in [-0.2, -0.15) is 14.9 Å². The fourth-order valence-electron chi connectivity index (χ4n) is 4.51. The van der Waals surface area contributed by atoms with Crippen molar-refractivity contribution in [1.82, 2.24) is 29.5 Å². The first-order valence-corrected chi connectivity index (χ1v) is 12.5. The van der Waals surface area contributed by atoms with Gasteiger partial charge >= 0.3 is 0 Å². The summed E-state index contributed by atoms with van der Waals surface area (Å²) in [5, 5.41) is 12.8. The van der Waals surface area contributed by atoms with Crippen LogP contribution in [0.4, 0.5) is 5.82 Å². The first-order valence-electron chi connectivity index (χ1n) is 12.5.